The van der Waals surface area contributed by atoms with E-state index < -0.39 is 17.8 Å². The first-order valence-electron chi connectivity index (χ1n) is 12.4. The van der Waals surface area contributed by atoms with Gasteiger partial charge in [0.25, 0.3) is 5.91 Å². The molecule has 39 heavy (non-hydrogen) atoms. The number of carbonyl (C=O) groups excluding carboxylic acids is 1. The summed E-state index contributed by atoms with van der Waals surface area (Å²) >= 11 is 0. The van der Waals surface area contributed by atoms with E-state index in [0.717, 1.165) is 23.1 Å². The Kier molecular flexibility index (Phi) is 6.65. The molecule has 1 aliphatic carbocycles. The summed E-state index contributed by atoms with van der Waals surface area (Å²) < 4.78 is 59.3. The number of amides is 1. The molecule has 12 heteroatoms. The molecule has 2 N–H and O–H groups in total. The third-order valence-electron chi connectivity index (χ3n) is 6.88. The fourth-order valence-electron chi connectivity index (χ4n) is 4.72. The maximum atomic E-state index is 13.9. The molecule has 0 radical (unpaired) electrons. The zero-order valence-electron chi connectivity index (χ0n) is 21.6. The monoisotopic (exact) mass is 541 g/mol. The second kappa shape index (κ2) is 9.83. The zero-order valence-corrected chi connectivity index (χ0v) is 21.6. The summed E-state index contributed by atoms with van der Waals surface area (Å²) in [6.45, 7) is 1.77. The molecule has 0 aliphatic heterocycles. The van der Waals surface area contributed by atoms with Crippen LogP contribution in [0.2, 0.25) is 0 Å². The van der Waals surface area contributed by atoms with Crippen molar-refractivity contribution in [2.45, 2.75) is 38.5 Å². The Hall–Kier alpha value is -4.22. The standard InChI is InChI=1S/C27H27F4N7O/c1-15-8-18(6-7-22(15)28)23(17-4-5-17)34-25(39)20-10-16(12-38-14-33-37(3)26(38)32)9-19(11-20)21-13-36(2)35-24(21)27(29,30)31/h6-11,13-14,17,23,32H,4-5,12H2,1-3H3,(H,34,39)/t23-/m0/s1. The predicted octanol–water partition coefficient (Wildman–Crippen LogP) is 4.50. The molecule has 4 aromatic rings. The van der Waals surface area contributed by atoms with Gasteiger partial charge in [-0.15, -0.1) is 0 Å². The van der Waals surface area contributed by atoms with E-state index >= 15 is 0 Å². The molecular weight excluding hydrogens is 514 g/mol. The Morgan fingerprint density at radius 3 is 2.54 bits per heavy atom. The van der Waals surface area contributed by atoms with E-state index in [4.69, 9.17) is 5.41 Å². The Balaban J connectivity index is 1.56. The van der Waals surface area contributed by atoms with Crippen molar-refractivity contribution >= 4 is 5.91 Å². The van der Waals surface area contributed by atoms with E-state index in [-0.39, 0.29) is 46.6 Å². The molecule has 1 atom stereocenters. The maximum absolute atomic E-state index is 13.9. The van der Waals surface area contributed by atoms with Gasteiger partial charge in [0, 0.05) is 31.4 Å². The van der Waals surface area contributed by atoms with E-state index in [2.05, 4.69) is 15.5 Å². The first kappa shape index (κ1) is 26.4. The SMILES string of the molecule is Cc1cc([C@@H](NC(=O)c2cc(Cn3cnn(C)c3=N)cc(-c3cn(C)nc3C(F)(F)F)c2)C2CC2)ccc1F. The van der Waals surface area contributed by atoms with E-state index in [1.165, 1.54) is 41.0 Å². The van der Waals surface area contributed by atoms with Gasteiger partial charge >= 0.3 is 6.18 Å². The quantitative estimate of drug-likeness (QED) is 0.338. The van der Waals surface area contributed by atoms with Gasteiger partial charge in [-0.05, 0) is 72.2 Å². The van der Waals surface area contributed by atoms with E-state index in [1.54, 1.807) is 38.2 Å². The molecule has 0 spiro atoms. The highest BCUT2D eigenvalue weighted by atomic mass is 19.4. The summed E-state index contributed by atoms with van der Waals surface area (Å²) in [7, 11) is 3.01. The second-order valence-corrected chi connectivity index (χ2v) is 9.98. The van der Waals surface area contributed by atoms with Crippen molar-refractivity contribution in [3.63, 3.8) is 0 Å². The number of benzene rings is 2. The van der Waals surface area contributed by atoms with E-state index in [9.17, 15) is 22.4 Å². The molecule has 204 valence electrons. The van der Waals surface area contributed by atoms with Crippen LogP contribution < -0.4 is 10.9 Å². The van der Waals surface area contributed by atoms with Crippen LogP contribution >= 0.6 is 0 Å². The minimum atomic E-state index is -4.70. The van der Waals surface area contributed by atoms with Crippen LogP contribution in [0.4, 0.5) is 17.6 Å². The van der Waals surface area contributed by atoms with Gasteiger partial charge in [0.15, 0.2) is 5.69 Å². The number of nitrogens with one attached hydrogen (secondary N) is 2. The van der Waals surface area contributed by atoms with Crippen LogP contribution in [0.5, 0.6) is 0 Å². The van der Waals surface area contributed by atoms with Crippen molar-refractivity contribution in [1.82, 2.24) is 29.4 Å². The molecule has 8 nitrogen and oxygen atoms in total. The summed E-state index contributed by atoms with van der Waals surface area (Å²) in [5.41, 5.74) is 0.975. The van der Waals surface area contributed by atoms with Gasteiger partial charge in [0.05, 0.1) is 12.6 Å². The van der Waals surface area contributed by atoms with Crippen LogP contribution in [0.25, 0.3) is 11.1 Å². The first-order valence-corrected chi connectivity index (χ1v) is 12.4. The average Bonchev–Trinajstić information content (AvgIpc) is 3.57. The lowest BCUT2D eigenvalue weighted by Crippen LogP contribution is -2.30. The zero-order chi connectivity index (χ0) is 28.1. The van der Waals surface area contributed by atoms with Crippen LogP contribution in [0.3, 0.4) is 0 Å². The molecule has 1 amide bonds. The van der Waals surface area contributed by atoms with Gasteiger partial charge in [0.2, 0.25) is 5.62 Å². The lowest BCUT2D eigenvalue weighted by Gasteiger charge is -2.20. The van der Waals surface area contributed by atoms with Crippen LogP contribution in [-0.2, 0) is 26.8 Å². The minimum Gasteiger partial charge on any atom is -0.345 e. The van der Waals surface area contributed by atoms with Crippen LogP contribution in [0.15, 0.2) is 48.9 Å². The smallest absolute Gasteiger partial charge is 0.345 e. The summed E-state index contributed by atoms with van der Waals surface area (Å²) in [5, 5.41) is 18.8. The third-order valence-corrected chi connectivity index (χ3v) is 6.88. The number of aryl methyl sites for hydroxylation is 3. The van der Waals surface area contributed by atoms with Crippen LogP contribution in [0, 0.1) is 24.1 Å². The van der Waals surface area contributed by atoms with E-state index in [0.29, 0.717) is 11.1 Å². The molecule has 2 heterocycles. The molecule has 2 aromatic heterocycles. The van der Waals surface area contributed by atoms with Crippen LogP contribution in [0.1, 0.15) is 51.6 Å². The summed E-state index contributed by atoms with van der Waals surface area (Å²) in [6, 6.07) is 8.94. The molecule has 1 saturated carbocycles. The van der Waals surface area contributed by atoms with Crippen molar-refractivity contribution in [2.24, 2.45) is 20.0 Å². The first-order chi connectivity index (χ1) is 18.4. The molecule has 0 unspecified atom stereocenters. The summed E-state index contributed by atoms with van der Waals surface area (Å²) in [6.07, 6.45) is -0.174. The van der Waals surface area contributed by atoms with Crippen LogP contribution in [-0.4, -0.2) is 30.0 Å². The number of aromatic nitrogens is 5. The largest absolute Gasteiger partial charge is 0.435 e. The highest BCUT2D eigenvalue weighted by molar-refractivity contribution is 5.96. The van der Waals surface area contributed by atoms with Gasteiger partial charge in [-0.2, -0.15) is 23.4 Å². The Labute approximate surface area is 221 Å². The number of hydrogen-bond donors (Lipinski definition) is 2. The van der Waals surface area contributed by atoms with Crippen molar-refractivity contribution in [1.29, 1.82) is 5.41 Å². The molecule has 0 saturated heterocycles. The second-order valence-electron chi connectivity index (χ2n) is 9.98. The molecule has 2 aromatic carbocycles. The van der Waals surface area contributed by atoms with Gasteiger partial charge < -0.3 is 5.32 Å². The Bertz CT molecular complexity index is 1610. The van der Waals surface area contributed by atoms with Crippen molar-refractivity contribution in [3.05, 3.63) is 88.3 Å². The van der Waals surface area contributed by atoms with Crippen molar-refractivity contribution in [3.8, 4) is 11.1 Å². The summed E-state index contributed by atoms with van der Waals surface area (Å²) in [5.74, 6) is -0.610. The van der Waals surface area contributed by atoms with Gasteiger partial charge in [-0.1, -0.05) is 12.1 Å². The number of carbonyl (C=O) groups is 1. The number of rotatable bonds is 7. The van der Waals surface area contributed by atoms with Crippen molar-refractivity contribution in [2.75, 3.05) is 0 Å². The molecule has 1 aliphatic rings. The Morgan fingerprint density at radius 2 is 1.92 bits per heavy atom. The highest BCUT2D eigenvalue weighted by Crippen LogP contribution is 2.42. The third kappa shape index (κ3) is 5.50. The normalized spacial score (nSPS) is 14.4. The van der Waals surface area contributed by atoms with Gasteiger partial charge in [-0.25, -0.2) is 9.07 Å². The average molecular weight is 542 g/mol. The predicted molar refractivity (Wildman–Crippen MR) is 134 cm³/mol. The lowest BCUT2D eigenvalue weighted by molar-refractivity contribution is -0.140. The number of hydrogen-bond acceptors (Lipinski definition) is 4. The molecule has 0 bridgehead atoms. The van der Waals surface area contributed by atoms with E-state index in [1.807, 2.05) is 0 Å². The fourth-order valence-corrected chi connectivity index (χ4v) is 4.72. The fraction of sp³-hybridized carbons (Fsp3) is 0.333. The minimum absolute atomic E-state index is 0.0873. The summed E-state index contributed by atoms with van der Waals surface area (Å²) in [4.78, 5) is 13.6. The molecular formula is C27H27F4N7O. The number of alkyl halides is 3. The number of nitrogens with zero attached hydrogens (tertiary/aromatic N) is 5. The lowest BCUT2D eigenvalue weighted by atomic mass is 9.97. The molecule has 5 rings (SSSR count). The maximum Gasteiger partial charge on any atom is 0.435 e. The van der Waals surface area contributed by atoms with Gasteiger partial charge in [-0.3, -0.25) is 19.5 Å². The topological polar surface area (TPSA) is 93.5 Å². The highest BCUT2D eigenvalue weighted by Gasteiger charge is 2.38. The molecule has 1 fully saturated rings. The van der Waals surface area contributed by atoms with Crippen molar-refractivity contribution < 1.29 is 22.4 Å². The Morgan fingerprint density at radius 1 is 1.18 bits per heavy atom. The van der Waals surface area contributed by atoms with Gasteiger partial charge in [0.1, 0.15) is 12.1 Å². The number of halogens is 4.